The van der Waals surface area contributed by atoms with E-state index in [-0.39, 0.29) is 46.2 Å². The number of H-pyrrole nitrogens is 1. The summed E-state index contributed by atoms with van der Waals surface area (Å²) < 4.78 is 25.1. The fraction of sp³-hybridized carbons (Fsp3) is 0.538. The van der Waals surface area contributed by atoms with Crippen molar-refractivity contribution in [3.05, 3.63) is 29.2 Å². The molecule has 1 aromatic carbocycles. The van der Waals surface area contributed by atoms with Crippen LogP contribution in [0.25, 0.3) is 10.9 Å². The van der Waals surface area contributed by atoms with Crippen molar-refractivity contribution in [2.45, 2.75) is 63.5 Å². The number of carbonyl (C=O) groups is 4. The molecule has 2 aliphatic rings. The summed E-state index contributed by atoms with van der Waals surface area (Å²) in [5.41, 5.74) is 5.35. The van der Waals surface area contributed by atoms with E-state index in [4.69, 9.17) is 15.2 Å². The summed E-state index contributed by atoms with van der Waals surface area (Å²) in [7, 11) is 2.62. The van der Waals surface area contributed by atoms with Gasteiger partial charge in [0.25, 0.3) is 5.91 Å². The molecule has 0 bridgehead atoms. The molecule has 2 heterocycles. The van der Waals surface area contributed by atoms with Crippen LogP contribution in [0.15, 0.2) is 12.1 Å². The number of methoxy groups -OCH3 is 2. The minimum atomic E-state index is -1.09. The van der Waals surface area contributed by atoms with Gasteiger partial charge >= 0.3 is 5.97 Å². The Morgan fingerprint density at radius 3 is 2.46 bits per heavy atom. The van der Waals surface area contributed by atoms with Crippen LogP contribution in [0.5, 0.6) is 5.75 Å². The summed E-state index contributed by atoms with van der Waals surface area (Å²) in [6, 6.07) is 1.53. The van der Waals surface area contributed by atoms with E-state index in [9.17, 15) is 23.6 Å². The second-order valence-electron chi connectivity index (χ2n) is 10.6. The molecule has 5 N–H and O–H groups in total. The number of halogens is 1. The molecule has 37 heavy (non-hydrogen) atoms. The van der Waals surface area contributed by atoms with Crippen LogP contribution in [0, 0.1) is 17.7 Å². The molecule has 0 radical (unpaired) electrons. The normalized spacial score (nSPS) is 20.2. The summed E-state index contributed by atoms with van der Waals surface area (Å²) >= 11 is 0. The van der Waals surface area contributed by atoms with Gasteiger partial charge in [0.1, 0.15) is 23.3 Å². The molecule has 10 nitrogen and oxygen atoms in total. The minimum absolute atomic E-state index is 0.00567. The average Bonchev–Trinajstić information content (AvgIpc) is 3.50. The lowest BCUT2D eigenvalue weighted by molar-refractivity contribution is -0.146. The fourth-order valence-electron chi connectivity index (χ4n) is 5.32. The van der Waals surface area contributed by atoms with Gasteiger partial charge in [-0.25, -0.2) is 9.18 Å². The highest BCUT2D eigenvalue weighted by Crippen LogP contribution is 2.44. The largest absolute Gasteiger partial charge is 0.496 e. The molecule has 1 saturated carbocycles. The van der Waals surface area contributed by atoms with Crippen LogP contribution in [0.3, 0.4) is 0 Å². The summed E-state index contributed by atoms with van der Waals surface area (Å²) in [6.07, 6.45) is 2.72. The van der Waals surface area contributed by atoms with Gasteiger partial charge in [-0.2, -0.15) is 0 Å². The number of rotatable bonds is 10. The van der Waals surface area contributed by atoms with E-state index in [0.717, 1.165) is 12.8 Å². The number of amides is 3. The zero-order valence-corrected chi connectivity index (χ0v) is 21.4. The molecule has 1 aromatic heterocycles. The third-order valence-corrected chi connectivity index (χ3v) is 7.21. The third-order valence-electron chi connectivity index (χ3n) is 7.21. The molecule has 0 spiro atoms. The average molecular weight is 517 g/mol. The highest BCUT2D eigenvalue weighted by Gasteiger charge is 2.42. The van der Waals surface area contributed by atoms with Crippen molar-refractivity contribution < 1.29 is 33.0 Å². The Morgan fingerprint density at radius 1 is 1.22 bits per heavy atom. The second kappa shape index (κ2) is 10.0. The Kier molecular flexibility index (Phi) is 7.16. The minimum Gasteiger partial charge on any atom is -0.496 e. The first-order valence-electron chi connectivity index (χ1n) is 12.3. The monoisotopic (exact) mass is 516 g/mol. The molecule has 200 valence electrons. The summed E-state index contributed by atoms with van der Waals surface area (Å²) in [5.74, 6) is -3.84. The predicted molar refractivity (Wildman–Crippen MR) is 132 cm³/mol. The number of aromatic amines is 1. The van der Waals surface area contributed by atoms with E-state index >= 15 is 0 Å². The quantitative estimate of drug-likeness (QED) is 0.356. The molecule has 4 rings (SSSR count). The van der Waals surface area contributed by atoms with Gasteiger partial charge in [-0.1, -0.05) is 12.8 Å². The van der Waals surface area contributed by atoms with Gasteiger partial charge in [0.2, 0.25) is 11.8 Å². The van der Waals surface area contributed by atoms with Crippen molar-refractivity contribution in [2.24, 2.45) is 17.6 Å². The molecule has 3 atom stereocenters. The van der Waals surface area contributed by atoms with Crippen molar-refractivity contribution in [3.8, 4) is 5.75 Å². The lowest BCUT2D eigenvalue weighted by Gasteiger charge is -2.24. The number of esters is 1. The summed E-state index contributed by atoms with van der Waals surface area (Å²) in [6.45, 7) is 3.77. The number of nitrogens with one attached hydrogen (secondary N) is 3. The maximum absolute atomic E-state index is 14.7. The highest BCUT2D eigenvalue weighted by atomic mass is 19.1. The van der Waals surface area contributed by atoms with E-state index in [1.165, 1.54) is 26.4 Å². The second-order valence-corrected chi connectivity index (χ2v) is 10.6. The Bertz CT molecular complexity index is 1250. The smallest absolute Gasteiger partial charge is 0.328 e. The first-order valence-corrected chi connectivity index (χ1v) is 12.3. The topological polar surface area (TPSA) is 153 Å². The van der Waals surface area contributed by atoms with Crippen LogP contribution >= 0.6 is 0 Å². The van der Waals surface area contributed by atoms with Crippen LogP contribution in [0.4, 0.5) is 4.39 Å². The van der Waals surface area contributed by atoms with Crippen molar-refractivity contribution in [1.82, 2.24) is 15.6 Å². The Labute approximate surface area is 213 Å². The summed E-state index contributed by atoms with van der Waals surface area (Å²) in [5, 5.41) is 5.89. The van der Waals surface area contributed by atoms with Crippen molar-refractivity contribution in [1.29, 1.82) is 0 Å². The number of aromatic nitrogens is 1. The number of hydrogen-bond donors (Lipinski definition) is 4. The molecule has 2 fully saturated rings. The van der Waals surface area contributed by atoms with Crippen LogP contribution in [-0.4, -0.2) is 54.5 Å². The van der Waals surface area contributed by atoms with Gasteiger partial charge in [-0.05, 0) is 51.2 Å². The molecule has 11 heteroatoms. The first-order chi connectivity index (χ1) is 17.5. The Hall–Kier alpha value is -3.63. The Balaban J connectivity index is 1.73. The number of primary amides is 1. The Morgan fingerprint density at radius 2 is 1.92 bits per heavy atom. The maximum atomic E-state index is 14.7. The van der Waals surface area contributed by atoms with E-state index in [1.807, 2.05) is 13.8 Å². The number of hydrogen-bond acceptors (Lipinski definition) is 6. The van der Waals surface area contributed by atoms with Crippen molar-refractivity contribution in [3.63, 3.8) is 0 Å². The van der Waals surface area contributed by atoms with E-state index in [1.54, 1.807) is 0 Å². The van der Waals surface area contributed by atoms with Crippen molar-refractivity contribution >= 4 is 34.6 Å². The van der Waals surface area contributed by atoms with Crippen molar-refractivity contribution in [2.75, 3.05) is 14.2 Å². The van der Waals surface area contributed by atoms with Crippen LogP contribution in [0.1, 0.15) is 67.9 Å². The fourth-order valence-corrected chi connectivity index (χ4v) is 5.32. The molecule has 1 aliphatic heterocycles. The zero-order chi connectivity index (χ0) is 27.1. The number of benzene rings is 1. The standard InChI is InChI=1S/C26H33FN4O6/c1-26(2)11-13(23(33)31-26)10-16(25(35)37-4)29-24(34)14(9-12-5-6-12)18-19-17(36-3)8-7-15(27)20(19)30-21(18)22(28)32/h7-8,12-14,16,30H,5-6,9-11H2,1-4H3,(H2,28,32)(H,29,34)(H,31,33)/t13-,14+,16+/m1/s1. The molecule has 3 amide bonds. The van der Waals surface area contributed by atoms with Gasteiger partial charge in [0.15, 0.2) is 0 Å². The van der Waals surface area contributed by atoms with E-state index in [2.05, 4.69) is 15.6 Å². The predicted octanol–water partition coefficient (Wildman–Crippen LogP) is 2.26. The molecular formula is C26H33FN4O6. The number of carbonyl (C=O) groups excluding carboxylic acids is 4. The van der Waals surface area contributed by atoms with Gasteiger partial charge < -0.3 is 30.8 Å². The van der Waals surface area contributed by atoms with Gasteiger partial charge in [-0.3, -0.25) is 14.4 Å². The van der Waals surface area contributed by atoms with E-state index in [0.29, 0.717) is 12.8 Å². The SMILES string of the molecule is COC(=O)[C@H](C[C@@H]1CC(C)(C)NC1=O)NC(=O)[C@@H](CC1CC1)c1c(C(N)=O)[nH]c2c(F)ccc(OC)c12. The van der Waals surface area contributed by atoms with Gasteiger partial charge in [0, 0.05) is 22.4 Å². The lowest BCUT2D eigenvalue weighted by atomic mass is 9.88. The molecule has 1 aliphatic carbocycles. The van der Waals surface area contributed by atoms with Crippen LogP contribution in [0.2, 0.25) is 0 Å². The molecular weight excluding hydrogens is 483 g/mol. The lowest BCUT2D eigenvalue weighted by Crippen LogP contribution is -2.45. The molecule has 0 unspecified atom stereocenters. The molecule has 2 aromatic rings. The molecule has 1 saturated heterocycles. The summed E-state index contributed by atoms with van der Waals surface area (Å²) in [4.78, 5) is 54.1. The number of ether oxygens (including phenoxy) is 2. The highest BCUT2D eigenvalue weighted by molar-refractivity contribution is 6.06. The van der Waals surface area contributed by atoms with Gasteiger partial charge in [-0.15, -0.1) is 0 Å². The zero-order valence-electron chi connectivity index (χ0n) is 21.4. The van der Waals surface area contributed by atoms with Crippen LogP contribution < -0.4 is 21.1 Å². The van der Waals surface area contributed by atoms with E-state index < -0.39 is 47.0 Å². The van der Waals surface area contributed by atoms with Gasteiger partial charge in [0.05, 0.1) is 25.7 Å². The first kappa shape index (κ1) is 26.4. The number of fused-ring (bicyclic) bond motifs is 1. The number of nitrogens with two attached hydrogens (primary N) is 1. The van der Waals surface area contributed by atoms with Crippen LogP contribution in [-0.2, 0) is 19.1 Å². The maximum Gasteiger partial charge on any atom is 0.328 e. The third kappa shape index (κ3) is 5.40.